The maximum absolute atomic E-state index is 6.63. The van der Waals surface area contributed by atoms with Crippen LogP contribution in [0.2, 0.25) is 0 Å². The van der Waals surface area contributed by atoms with Crippen LogP contribution in [0.25, 0.3) is 80.7 Å². The molecule has 4 heterocycles. The molecule has 0 amide bonds. The van der Waals surface area contributed by atoms with Crippen LogP contribution < -0.4 is 16.0 Å². The number of hydrogen-bond donors (Lipinski definition) is 3. The number of hydrogen-bond acceptors (Lipinski definition) is 5. The minimum atomic E-state index is -0.0437. The molecule has 6 heteroatoms. The smallest absolute Gasteiger partial charge is 0.137 e. The molecule has 8 aromatic carbocycles. The summed E-state index contributed by atoms with van der Waals surface area (Å²) in [6, 6.07) is 65.5. The van der Waals surface area contributed by atoms with Crippen molar-refractivity contribution >= 4 is 75.3 Å². The van der Waals surface area contributed by atoms with Crippen molar-refractivity contribution in [2.75, 3.05) is 0 Å². The third-order valence-corrected chi connectivity index (χ3v) is 12.9. The molecule has 1 aliphatic rings. The molecule has 2 unspecified atom stereocenters. The van der Waals surface area contributed by atoms with Crippen molar-refractivity contribution in [2.24, 2.45) is 0 Å². The summed E-state index contributed by atoms with van der Waals surface area (Å²) in [4.78, 5) is 0. The van der Waals surface area contributed by atoms with E-state index in [2.05, 4.69) is 203 Å². The molecule has 1 aliphatic heterocycles. The molecule has 3 aromatic heterocycles. The van der Waals surface area contributed by atoms with Crippen LogP contribution in [0, 0.1) is 0 Å². The number of nitrogens with zero attached hydrogens (tertiary/aromatic N) is 1. The number of aromatic nitrogens is 1. The number of benzene rings is 8. The molecular weight excluding hydrogens is 717 g/mol. The van der Waals surface area contributed by atoms with E-state index in [4.69, 9.17) is 4.42 Å². The van der Waals surface area contributed by atoms with E-state index in [1.807, 2.05) is 11.3 Å². The summed E-state index contributed by atoms with van der Waals surface area (Å²) in [5.41, 5.74) is 11.2. The summed E-state index contributed by atoms with van der Waals surface area (Å²) in [5.74, 6) is 0. The number of rotatable bonds is 5. The summed E-state index contributed by atoms with van der Waals surface area (Å²) in [6.07, 6.45) is -0.0573. The van der Waals surface area contributed by atoms with Crippen LogP contribution in [0.4, 0.5) is 0 Å². The first-order valence-corrected chi connectivity index (χ1v) is 20.3. The van der Waals surface area contributed by atoms with E-state index in [-0.39, 0.29) is 18.5 Å². The largest absolute Gasteiger partial charge is 0.456 e. The Morgan fingerprint density at radius 2 is 1.00 bits per heavy atom. The number of nitrogens with one attached hydrogen (secondary N) is 3. The van der Waals surface area contributed by atoms with E-state index in [0.717, 1.165) is 33.2 Å². The molecule has 0 bridgehead atoms. The van der Waals surface area contributed by atoms with Crippen molar-refractivity contribution in [1.82, 2.24) is 20.5 Å². The maximum Gasteiger partial charge on any atom is 0.137 e. The van der Waals surface area contributed by atoms with Crippen molar-refractivity contribution in [3.63, 3.8) is 0 Å². The predicted octanol–water partition coefficient (Wildman–Crippen LogP) is 12.9. The van der Waals surface area contributed by atoms with E-state index in [9.17, 15) is 0 Å². The van der Waals surface area contributed by atoms with E-state index in [0.29, 0.717) is 0 Å². The van der Waals surface area contributed by atoms with Gasteiger partial charge in [0, 0.05) is 36.3 Å². The number of fused-ring (bicyclic) bond motifs is 9. The molecule has 3 N–H and O–H groups in total. The van der Waals surface area contributed by atoms with Crippen molar-refractivity contribution in [3.05, 3.63) is 199 Å². The predicted molar refractivity (Wildman–Crippen MR) is 237 cm³/mol. The van der Waals surface area contributed by atoms with Gasteiger partial charge in [0.05, 0.1) is 40.6 Å². The Labute approximate surface area is 332 Å². The Morgan fingerprint density at radius 3 is 1.70 bits per heavy atom. The van der Waals surface area contributed by atoms with Gasteiger partial charge >= 0.3 is 0 Å². The quantitative estimate of drug-likeness (QED) is 0.164. The average Bonchev–Trinajstić information content (AvgIpc) is 3.95. The standard InChI is InChI=1S/C51H36N4OS/c1-3-12-31(13-4-1)49-52-50(32-14-5-2-6-15-32)54-51(53-49)35-23-25-38-40-28-33(24-27-46(40)57-47(38)30-35)34-22-26-39-45(29-34)56-44-21-11-20-43(48(39)44)55-41-18-9-7-16-36(41)37-17-8-10-19-42(37)55/h1-30,49-54H. The molecule has 272 valence electrons. The highest BCUT2D eigenvalue weighted by Crippen LogP contribution is 2.42. The van der Waals surface area contributed by atoms with Crippen LogP contribution in [0.5, 0.6) is 0 Å². The SMILES string of the molecule is c1ccc(C2NC(c3ccccc3)NC(c3ccc4c(c3)sc3ccc(-c5ccc6c(c5)oc5cccc(-n7c8ccccc8c8ccccc87)c56)cc34)N2)cc1. The van der Waals surface area contributed by atoms with Crippen LogP contribution in [-0.4, -0.2) is 4.57 Å². The van der Waals surface area contributed by atoms with Crippen LogP contribution in [-0.2, 0) is 0 Å². The van der Waals surface area contributed by atoms with Gasteiger partial charge in [-0.3, -0.25) is 16.0 Å². The molecule has 12 rings (SSSR count). The fourth-order valence-electron chi connectivity index (χ4n) is 9.02. The maximum atomic E-state index is 6.63. The van der Waals surface area contributed by atoms with Crippen LogP contribution in [0.15, 0.2) is 186 Å². The number of thiophene rings is 1. The molecule has 0 aliphatic carbocycles. The van der Waals surface area contributed by atoms with Gasteiger partial charge in [0.15, 0.2) is 0 Å². The summed E-state index contributed by atoms with van der Waals surface area (Å²) < 4.78 is 11.6. The van der Waals surface area contributed by atoms with Gasteiger partial charge in [-0.05, 0) is 82.4 Å². The zero-order chi connectivity index (χ0) is 37.5. The van der Waals surface area contributed by atoms with Gasteiger partial charge in [-0.15, -0.1) is 11.3 Å². The Kier molecular flexibility index (Phi) is 7.46. The zero-order valence-corrected chi connectivity index (χ0v) is 31.6. The number of furan rings is 1. The Hall–Kier alpha value is -6.54. The lowest BCUT2D eigenvalue weighted by molar-refractivity contribution is 0.203. The topological polar surface area (TPSA) is 54.2 Å². The van der Waals surface area contributed by atoms with Crippen LogP contribution in [0.3, 0.4) is 0 Å². The minimum Gasteiger partial charge on any atom is -0.456 e. The summed E-state index contributed by atoms with van der Waals surface area (Å²) >= 11 is 1.85. The lowest BCUT2D eigenvalue weighted by Crippen LogP contribution is -2.54. The fourth-order valence-corrected chi connectivity index (χ4v) is 10.2. The molecule has 2 atom stereocenters. The molecule has 0 radical (unpaired) electrons. The second-order valence-electron chi connectivity index (χ2n) is 15.0. The van der Waals surface area contributed by atoms with Gasteiger partial charge in [0.2, 0.25) is 0 Å². The molecule has 57 heavy (non-hydrogen) atoms. The minimum absolute atomic E-state index is 0.00680. The highest BCUT2D eigenvalue weighted by molar-refractivity contribution is 7.25. The first-order chi connectivity index (χ1) is 28.2. The Morgan fingerprint density at radius 1 is 0.404 bits per heavy atom. The monoisotopic (exact) mass is 752 g/mol. The van der Waals surface area contributed by atoms with E-state index >= 15 is 0 Å². The Bertz CT molecular complexity index is 3210. The van der Waals surface area contributed by atoms with Gasteiger partial charge in [0.25, 0.3) is 0 Å². The van der Waals surface area contributed by atoms with Gasteiger partial charge in [-0.25, -0.2) is 0 Å². The fraction of sp³-hybridized carbons (Fsp3) is 0.0588. The normalized spacial score (nSPS) is 17.4. The molecule has 11 aromatic rings. The van der Waals surface area contributed by atoms with Crippen molar-refractivity contribution in [3.8, 4) is 16.8 Å². The first-order valence-electron chi connectivity index (χ1n) is 19.5. The average molecular weight is 753 g/mol. The highest BCUT2D eigenvalue weighted by Gasteiger charge is 2.30. The molecular formula is C51H36N4OS. The second-order valence-corrected chi connectivity index (χ2v) is 16.1. The van der Waals surface area contributed by atoms with Crippen LogP contribution in [0.1, 0.15) is 35.2 Å². The van der Waals surface area contributed by atoms with Gasteiger partial charge in [0.1, 0.15) is 11.2 Å². The van der Waals surface area contributed by atoms with E-state index < -0.39 is 0 Å². The summed E-state index contributed by atoms with van der Waals surface area (Å²) in [7, 11) is 0. The van der Waals surface area contributed by atoms with E-state index in [1.165, 1.54) is 64.2 Å². The third kappa shape index (κ3) is 5.34. The van der Waals surface area contributed by atoms with E-state index in [1.54, 1.807) is 0 Å². The van der Waals surface area contributed by atoms with Crippen molar-refractivity contribution in [1.29, 1.82) is 0 Å². The lowest BCUT2D eigenvalue weighted by Gasteiger charge is -2.39. The van der Waals surface area contributed by atoms with Crippen molar-refractivity contribution in [2.45, 2.75) is 18.5 Å². The molecule has 1 saturated heterocycles. The van der Waals surface area contributed by atoms with Gasteiger partial charge in [-0.2, -0.15) is 0 Å². The highest BCUT2D eigenvalue weighted by atomic mass is 32.1. The third-order valence-electron chi connectivity index (χ3n) is 11.7. The number of para-hydroxylation sites is 2. The van der Waals surface area contributed by atoms with Crippen LogP contribution >= 0.6 is 11.3 Å². The summed E-state index contributed by atoms with van der Waals surface area (Å²) in [6.45, 7) is 0. The zero-order valence-electron chi connectivity index (χ0n) is 30.8. The van der Waals surface area contributed by atoms with Gasteiger partial charge in [-0.1, -0.05) is 127 Å². The van der Waals surface area contributed by atoms with Crippen molar-refractivity contribution < 1.29 is 4.42 Å². The molecule has 0 spiro atoms. The first kappa shape index (κ1) is 32.7. The summed E-state index contributed by atoms with van der Waals surface area (Å²) in [5, 5.41) is 18.7. The Balaban J connectivity index is 0.912. The molecule has 5 nitrogen and oxygen atoms in total. The second kappa shape index (κ2) is 13.0. The molecule has 0 saturated carbocycles. The molecule has 1 fully saturated rings. The van der Waals surface area contributed by atoms with Gasteiger partial charge < -0.3 is 8.98 Å². The lowest BCUT2D eigenvalue weighted by atomic mass is 10.00.